The summed E-state index contributed by atoms with van der Waals surface area (Å²) < 4.78 is 0. The molecule has 1 aromatic rings. The number of amides is 1. The van der Waals surface area contributed by atoms with E-state index in [2.05, 4.69) is 49.2 Å². The van der Waals surface area contributed by atoms with Crippen LogP contribution in [0.5, 0.6) is 0 Å². The Hall–Kier alpha value is -1.35. The molecule has 1 heterocycles. The topological polar surface area (TPSA) is 32.3 Å². The van der Waals surface area contributed by atoms with Crippen LogP contribution in [0.15, 0.2) is 18.2 Å². The van der Waals surface area contributed by atoms with Crippen LogP contribution in [0, 0.1) is 12.8 Å². The van der Waals surface area contributed by atoms with Crippen molar-refractivity contribution in [3.8, 4) is 0 Å². The second-order valence-corrected chi connectivity index (χ2v) is 6.31. The molecule has 0 aliphatic carbocycles. The van der Waals surface area contributed by atoms with E-state index >= 15 is 0 Å². The van der Waals surface area contributed by atoms with E-state index in [0.717, 1.165) is 26.1 Å². The lowest BCUT2D eigenvalue weighted by Crippen LogP contribution is -2.47. The third-order valence-corrected chi connectivity index (χ3v) is 4.02. The second-order valence-electron chi connectivity index (χ2n) is 6.31. The van der Waals surface area contributed by atoms with Gasteiger partial charge in [-0.1, -0.05) is 37.6 Å². The van der Waals surface area contributed by atoms with Crippen LogP contribution >= 0.6 is 0 Å². The first-order valence-electron chi connectivity index (χ1n) is 7.57. The molecule has 0 saturated heterocycles. The van der Waals surface area contributed by atoms with Crippen LogP contribution in [0.4, 0.5) is 0 Å². The number of hydrogen-bond acceptors (Lipinski definition) is 2. The van der Waals surface area contributed by atoms with Crippen LogP contribution < -0.4 is 5.32 Å². The molecule has 0 spiro atoms. The molecule has 20 heavy (non-hydrogen) atoms. The van der Waals surface area contributed by atoms with Crippen molar-refractivity contribution in [2.75, 3.05) is 13.1 Å². The molecule has 0 saturated carbocycles. The number of nitrogens with one attached hydrogen (secondary N) is 1. The minimum atomic E-state index is -0.0526. The summed E-state index contributed by atoms with van der Waals surface area (Å²) in [6.45, 7) is 11.0. The summed E-state index contributed by atoms with van der Waals surface area (Å²) in [7, 11) is 0. The van der Waals surface area contributed by atoms with Gasteiger partial charge in [-0.2, -0.15) is 0 Å². The van der Waals surface area contributed by atoms with E-state index in [1.165, 1.54) is 16.7 Å². The molecule has 1 N–H and O–H groups in total. The molecule has 0 unspecified atom stereocenters. The number of rotatable bonds is 4. The summed E-state index contributed by atoms with van der Waals surface area (Å²) in [6.07, 6.45) is 1.04. The van der Waals surface area contributed by atoms with Crippen molar-refractivity contribution < 1.29 is 4.79 Å². The predicted octanol–water partition coefficient (Wildman–Crippen LogP) is 2.51. The molecule has 0 aromatic heterocycles. The zero-order valence-corrected chi connectivity index (χ0v) is 13.1. The van der Waals surface area contributed by atoms with E-state index < -0.39 is 0 Å². The molecule has 1 aromatic carbocycles. The number of aryl methyl sites for hydroxylation is 1. The first-order chi connectivity index (χ1) is 9.47. The molecule has 1 atom stereocenters. The Morgan fingerprint density at radius 3 is 2.75 bits per heavy atom. The van der Waals surface area contributed by atoms with Gasteiger partial charge in [0.05, 0.1) is 6.04 Å². The van der Waals surface area contributed by atoms with Crippen LogP contribution in [0.3, 0.4) is 0 Å². The fourth-order valence-electron chi connectivity index (χ4n) is 2.65. The minimum Gasteiger partial charge on any atom is -0.354 e. The van der Waals surface area contributed by atoms with Crippen LogP contribution in [-0.4, -0.2) is 29.9 Å². The van der Waals surface area contributed by atoms with Gasteiger partial charge in [-0.15, -0.1) is 0 Å². The van der Waals surface area contributed by atoms with E-state index in [9.17, 15) is 4.79 Å². The number of carbonyl (C=O) groups is 1. The number of carbonyl (C=O) groups excluding carboxylic acids is 1. The lowest BCUT2D eigenvalue weighted by atomic mass is 9.96. The van der Waals surface area contributed by atoms with Gasteiger partial charge in [0.1, 0.15) is 0 Å². The van der Waals surface area contributed by atoms with Crippen molar-refractivity contribution in [1.29, 1.82) is 0 Å². The summed E-state index contributed by atoms with van der Waals surface area (Å²) in [6, 6.07) is 6.58. The summed E-state index contributed by atoms with van der Waals surface area (Å²) in [5.41, 5.74) is 4.13. The van der Waals surface area contributed by atoms with Gasteiger partial charge in [-0.3, -0.25) is 9.69 Å². The molecular formula is C17H26N2O. The van der Waals surface area contributed by atoms with Gasteiger partial charge >= 0.3 is 0 Å². The molecule has 110 valence electrons. The van der Waals surface area contributed by atoms with Gasteiger partial charge in [-0.25, -0.2) is 0 Å². The van der Waals surface area contributed by atoms with E-state index in [1.54, 1.807) is 0 Å². The van der Waals surface area contributed by atoms with Crippen LogP contribution in [-0.2, 0) is 17.8 Å². The Bertz CT molecular complexity index is 482. The highest BCUT2D eigenvalue weighted by Crippen LogP contribution is 2.21. The minimum absolute atomic E-state index is 0.0526. The van der Waals surface area contributed by atoms with Gasteiger partial charge in [-0.05, 0) is 37.3 Å². The van der Waals surface area contributed by atoms with E-state index in [-0.39, 0.29) is 11.9 Å². The van der Waals surface area contributed by atoms with Crippen molar-refractivity contribution in [3.05, 3.63) is 34.9 Å². The number of hydrogen-bond donors (Lipinski definition) is 1. The zero-order chi connectivity index (χ0) is 14.7. The Morgan fingerprint density at radius 1 is 1.30 bits per heavy atom. The second kappa shape index (κ2) is 6.40. The van der Waals surface area contributed by atoms with Gasteiger partial charge < -0.3 is 5.32 Å². The quantitative estimate of drug-likeness (QED) is 0.915. The summed E-state index contributed by atoms with van der Waals surface area (Å²) >= 11 is 0. The predicted molar refractivity (Wildman–Crippen MR) is 82.6 cm³/mol. The third kappa shape index (κ3) is 3.60. The SMILES string of the molecule is Cc1ccc2c(c1)CCN([C@H](C)C(=O)NCC(C)C)C2. The molecular weight excluding hydrogens is 248 g/mol. The van der Waals surface area contributed by atoms with Crippen molar-refractivity contribution in [2.24, 2.45) is 5.92 Å². The summed E-state index contributed by atoms with van der Waals surface area (Å²) in [4.78, 5) is 14.4. The summed E-state index contributed by atoms with van der Waals surface area (Å²) in [5, 5.41) is 3.03. The number of nitrogens with zero attached hydrogens (tertiary/aromatic N) is 1. The van der Waals surface area contributed by atoms with E-state index in [0.29, 0.717) is 5.92 Å². The van der Waals surface area contributed by atoms with E-state index in [1.807, 2.05) is 6.92 Å². The maximum absolute atomic E-state index is 12.2. The monoisotopic (exact) mass is 274 g/mol. The molecule has 3 nitrogen and oxygen atoms in total. The molecule has 1 aliphatic heterocycles. The van der Waals surface area contributed by atoms with Gasteiger partial charge in [0, 0.05) is 19.6 Å². The zero-order valence-electron chi connectivity index (χ0n) is 13.1. The van der Waals surface area contributed by atoms with Crippen molar-refractivity contribution in [2.45, 2.75) is 46.7 Å². The molecule has 0 bridgehead atoms. The molecule has 1 amide bonds. The molecule has 2 rings (SSSR count). The van der Waals surface area contributed by atoms with Crippen LogP contribution in [0.25, 0.3) is 0 Å². The average Bonchev–Trinajstić information content (AvgIpc) is 2.43. The molecule has 1 aliphatic rings. The lowest BCUT2D eigenvalue weighted by molar-refractivity contribution is -0.126. The fourth-order valence-corrected chi connectivity index (χ4v) is 2.65. The van der Waals surface area contributed by atoms with Gasteiger partial charge in [0.25, 0.3) is 0 Å². The number of fused-ring (bicyclic) bond motifs is 1. The maximum Gasteiger partial charge on any atom is 0.237 e. The largest absolute Gasteiger partial charge is 0.354 e. The van der Waals surface area contributed by atoms with Gasteiger partial charge in [0.2, 0.25) is 5.91 Å². The highest BCUT2D eigenvalue weighted by molar-refractivity contribution is 5.81. The lowest BCUT2D eigenvalue weighted by Gasteiger charge is -2.33. The Kier molecular flexibility index (Phi) is 4.81. The van der Waals surface area contributed by atoms with Crippen molar-refractivity contribution in [1.82, 2.24) is 10.2 Å². The maximum atomic E-state index is 12.2. The first-order valence-corrected chi connectivity index (χ1v) is 7.57. The van der Waals surface area contributed by atoms with Crippen LogP contribution in [0.2, 0.25) is 0 Å². The highest BCUT2D eigenvalue weighted by atomic mass is 16.2. The normalized spacial score (nSPS) is 16.9. The van der Waals surface area contributed by atoms with Crippen molar-refractivity contribution >= 4 is 5.91 Å². The Morgan fingerprint density at radius 2 is 2.05 bits per heavy atom. The first kappa shape index (κ1) is 15.0. The van der Waals surface area contributed by atoms with Gasteiger partial charge in [0.15, 0.2) is 0 Å². The fraction of sp³-hybridized carbons (Fsp3) is 0.588. The summed E-state index contributed by atoms with van der Waals surface area (Å²) in [5.74, 6) is 0.644. The van der Waals surface area contributed by atoms with E-state index in [4.69, 9.17) is 0 Å². The molecule has 0 radical (unpaired) electrons. The van der Waals surface area contributed by atoms with Crippen LogP contribution in [0.1, 0.15) is 37.5 Å². The number of benzene rings is 1. The third-order valence-electron chi connectivity index (χ3n) is 4.02. The standard InChI is InChI=1S/C17H26N2O/c1-12(2)10-18-17(20)14(4)19-8-7-15-9-13(3)5-6-16(15)11-19/h5-6,9,12,14H,7-8,10-11H2,1-4H3,(H,18,20)/t14-/m1/s1. The smallest absolute Gasteiger partial charge is 0.237 e. The Balaban J connectivity index is 1.98. The highest BCUT2D eigenvalue weighted by Gasteiger charge is 2.25. The average molecular weight is 274 g/mol. The van der Waals surface area contributed by atoms with Crippen molar-refractivity contribution in [3.63, 3.8) is 0 Å². The molecule has 0 fully saturated rings. The molecule has 3 heteroatoms. The Labute approximate surface area is 122 Å².